The number of esters is 1. The van der Waals surface area contributed by atoms with E-state index >= 15 is 0 Å². The minimum absolute atomic E-state index is 0.186. The number of piperazine rings is 1. The van der Waals surface area contributed by atoms with Crippen molar-refractivity contribution in [3.63, 3.8) is 0 Å². The summed E-state index contributed by atoms with van der Waals surface area (Å²) in [5, 5.41) is 3.07. The second-order valence-electron chi connectivity index (χ2n) is 4.97. The molecule has 1 aliphatic rings. The molecule has 0 aromatic rings. The van der Waals surface area contributed by atoms with Gasteiger partial charge in [-0.05, 0) is 27.4 Å². The zero-order valence-electron chi connectivity index (χ0n) is 11.5. The van der Waals surface area contributed by atoms with Gasteiger partial charge in [-0.2, -0.15) is 0 Å². The standard InChI is InChI=1S/C12H25N3O2/c1-12(13-2,11(16)17-4)5-6-15-9-7-14(3)8-10-15/h13H,5-10H2,1-4H3. The predicted octanol–water partition coefficient (Wildman–Crippen LogP) is -0.225. The van der Waals surface area contributed by atoms with Gasteiger partial charge in [-0.3, -0.25) is 4.79 Å². The number of carbonyl (C=O) groups is 1. The van der Waals surface area contributed by atoms with Crippen LogP contribution in [0.25, 0.3) is 0 Å². The van der Waals surface area contributed by atoms with Gasteiger partial charge in [0.2, 0.25) is 0 Å². The average molecular weight is 243 g/mol. The minimum atomic E-state index is -0.571. The first-order valence-corrected chi connectivity index (χ1v) is 6.20. The highest BCUT2D eigenvalue weighted by Gasteiger charge is 2.32. The van der Waals surface area contributed by atoms with Crippen molar-refractivity contribution in [2.45, 2.75) is 18.9 Å². The Hall–Kier alpha value is -0.650. The van der Waals surface area contributed by atoms with Gasteiger partial charge in [0.1, 0.15) is 5.54 Å². The Kier molecular flexibility index (Phi) is 5.36. The first-order chi connectivity index (χ1) is 8.01. The minimum Gasteiger partial charge on any atom is -0.468 e. The topological polar surface area (TPSA) is 44.8 Å². The van der Waals surface area contributed by atoms with Crippen LogP contribution in [0.1, 0.15) is 13.3 Å². The van der Waals surface area contributed by atoms with Crippen LogP contribution in [0.5, 0.6) is 0 Å². The first-order valence-electron chi connectivity index (χ1n) is 6.20. The van der Waals surface area contributed by atoms with Crippen molar-refractivity contribution in [1.82, 2.24) is 15.1 Å². The zero-order valence-corrected chi connectivity index (χ0v) is 11.5. The van der Waals surface area contributed by atoms with Gasteiger partial charge in [-0.15, -0.1) is 0 Å². The van der Waals surface area contributed by atoms with E-state index in [0.717, 1.165) is 39.1 Å². The van der Waals surface area contributed by atoms with Crippen molar-refractivity contribution in [2.75, 3.05) is 53.9 Å². The van der Waals surface area contributed by atoms with E-state index in [9.17, 15) is 4.79 Å². The van der Waals surface area contributed by atoms with Crippen LogP contribution in [0.15, 0.2) is 0 Å². The maximum atomic E-state index is 11.7. The largest absolute Gasteiger partial charge is 0.468 e. The summed E-state index contributed by atoms with van der Waals surface area (Å²) in [5.74, 6) is -0.186. The fraction of sp³-hybridized carbons (Fsp3) is 0.917. The van der Waals surface area contributed by atoms with Crippen molar-refractivity contribution in [3.8, 4) is 0 Å². The van der Waals surface area contributed by atoms with Gasteiger partial charge in [0.05, 0.1) is 7.11 Å². The van der Waals surface area contributed by atoms with Crippen molar-refractivity contribution in [1.29, 1.82) is 0 Å². The Morgan fingerprint density at radius 2 is 1.94 bits per heavy atom. The molecule has 5 nitrogen and oxygen atoms in total. The number of hydrogen-bond donors (Lipinski definition) is 1. The number of likely N-dealkylation sites (N-methyl/N-ethyl adjacent to an activating group) is 2. The van der Waals surface area contributed by atoms with Crippen LogP contribution in [0.2, 0.25) is 0 Å². The Balaban J connectivity index is 2.40. The Labute approximate surface area is 104 Å². The molecule has 0 aromatic heterocycles. The quantitative estimate of drug-likeness (QED) is 0.676. The normalized spacial score (nSPS) is 22.1. The molecule has 0 amide bonds. The molecule has 17 heavy (non-hydrogen) atoms. The third kappa shape index (κ3) is 3.94. The molecule has 5 heteroatoms. The molecule has 1 saturated heterocycles. The van der Waals surface area contributed by atoms with Crippen LogP contribution in [0, 0.1) is 0 Å². The molecule has 1 heterocycles. The molecule has 0 aliphatic carbocycles. The monoisotopic (exact) mass is 243 g/mol. The second-order valence-corrected chi connectivity index (χ2v) is 4.97. The predicted molar refractivity (Wildman–Crippen MR) is 68.0 cm³/mol. The summed E-state index contributed by atoms with van der Waals surface area (Å²) < 4.78 is 4.84. The Bertz CT molecular complexity index is 252. The van der Waals surface area contributed by atoms with Gasteiger partial charge in [-0.25, -0.2) is 0 Å². The van der Waals surface area contributed by atoms with Gasteiger partial charge >= 0.3 is 5.97 Å². The second kappa shape index (κ2) is 6.33. The summed E-state index contributed by atoms with van der Waals surface area (Å²) >= 11 is 0. The molecule has 1 fully saturated rings. The average Bonchev–Trinajstić information content (AvgIpc) is 2.36. The van der Waals surface area contributed by atoms with Crippen LogP contribution in [0.3, 0.4) is 0 Å². The number of nitrogens with one attached hydrogen (secondary N) is 1. The number of nitrogens with zero attached hydrogens (tertiary/aromatic N) is 2. The van der Waals surface area contributed by atoms with E-state index in [1.165, 1.54) is 7.11 Å². The third-order valence-corrected chi connectivity index (χ3v) is 3.71. The zero-order chi connectivity index (χ0) is 12.9. The molecule has 100 valence electrons. The number of ether oxygens (including phenoxy) is 1. The molecule has 1 aliphatic heterocycles. The molecule has 0 bridgehead atoms. The molecule has 1 unspecified atom stereocenters. The maximum Gasteiger partial charge on any atom is 0.325 e. The molecule has 1 N–H and O–H groups in total. The van der Waals surface area contributed by atoms with Crippen LogP contribution in [-0.2, 0) is 9.53 Å². The molecular formula is C12H25N3O2. The van der Waals surface area contributed by atoms with Crippen molar-refractivity contribution >= 4 is 5.97 Å². The van der Waals surface area contributed by atoms with Crippen LogP contribution < -0.4 is 5.32 Å². The highest BCUT2D eigenvalue weighted by molar-refractivity contribution is 5.80. The van der Waals surface area contributed by atoms with Gasteiger partial charge in [0.15, 0.2) is 0 Å². The third-order valence-electron chi connectivity index (χ3n) is 3.71. The number of rotatable bonds is 5. The summed E-state index contributed by atoms with van der Waals surface area (Å²) in [6, 6.07) is 0. The molecular weight excluding hydrogens is 218 g/mol. The number of hydrogen-bond acceptors (Lipinski definition) is 5. The van der Waals surface area contributed by atoms with E-state index < -0.39 is 5.54 Å². The lowest BCUT2D eigenvalue weighted by Gasteiger charge is -2.35. The fourth-order valence-corrected chi connectivity index (χ4v) is 2.01. The summed E-state index contributed by atoms with van der Waals surface area (Å²) in [4.78, 5) is 16.4. The highest BCUT2D eigenvalue weighted by atomic mass is 16.5. The van der Waals surface area contributed by atoms with Crippen molar-refractivity contribution < 1.29 is 9.53 Å². The van der Waals surface area contributed by atoms with E-state index in [0.29, 0.717) is 0 Å². The molecule has 0 aromatic carbocycles. The van der Waals surface area contributed by atoms with Gasteiger partial charge in [0.25, 0.3) is 0 Å². The van der Waals surface area contributed by atoms with Crippen molar-refractivity contribution in [2.24, 2.45) is 0 Å². The van der Waals surface area contributed by atoms with Crippen LogP contribution in [-0.4, -0.2) is 75.2 Å². The smallest absolute Gasteiger partial charge is 0.325 e. The Morgan fingerprint density at radius 1 is 1.35 bits per heavy atom. The van der Waals surface area contributed by atoms with Gasteiger partial charge in [-0.1, -0.05) is 0 Å². The van der Waals surface area contributed by atoms with Crippen LogP contribution >= 0.6 is 0 Å². The lowest BCUT2D eigenvalue weighted by molar-refractivity contribution is -0.148. The SMILES string of the molecule is CNC(C)(CCN1CCN(C)CC1)C(=O)OC. The number of methoxy groups -OCH3 is 1. The summed E-state index contributed by atoms with van der Waals surface area (Å²) in [5.41, 5.74) is -0.571. The van der Waals surface area contributed by atoms with Gasteiger partial charge in [0, 0.05) is 32.7 Å². The van der Waals surface area contributed by atoms with Crippen LogP contribution in [0.4, 0.5) is 0 Å². The summed E-state index contributed by atoms with van der Waals surface area (Å²) in [6.07, 6.45) is 0.778. The number of carbonyl (C=O) groups excluding carboxylic acids is 1. The lowest BCUT2D eigenvalue weighted by atomic mass is 9.98. The van der Waals surface area contributed by atoms with E-state index in [1.54, 1.807) is 7.05 Å². The summed E-state index contributed by atoms with van der Waals surface area (Å²) in [7, 11) is 5.39. The molecule has 1 atom stereocenters. The molecule has 0 radical (unpaired) electrons. The van der Waals surface area contributed by atoms with E-state index in [-0.39, 0.29) is 5.97 Å². The summed E-state index contributed by atoms with van der Waals surface area (Å²) in [6.45, 7) is 7.20. The van der Waals surface area contributed by atoms with E-state index in [1.807, 2.05) is 6.92 Å². The fourth-order valence-electron chi connectivity index (χ4n) is 2.01. The Morgan fingerprint density at radius 3 is 2.41 bits per heavy atom. The highest BCUT2D eigenvalue weighted by Crippen LogP contribution is 2.13. The molecule has 0 spiro atoms. The van der Waals surface area contributed by atoms with Gasteiger partial charge < -0.3 is 19.9 Å². The molecule has 1 rings (SSSR count). The van der Waals surface area contributed by atoms with E-state index in [2.05, 4.69) is 22.2 Å². The maximum absolute atomic E-state index is 11.7. The molecule has 0 saturated carbocycles. The van der Waals surface area contributed by atoms with Crippen molar-refractivity contribution in [3.05, 3.63) is 0 Å². The van der Waals surface area contributed by atoms with E-state index in [4.69, 9.17) is 4.74 Å². The first kappa shape index (κ1) is 14.4. The lowest BCUT2D eigenvalue weighted by Crippen LogP contribution is -2.52.